The van der Waals surface area contributed by atoms with E-state index in [4.69, 9.17) is 4.74 Å². The SMILES string of the molecule is O=C(NCC1COCCN1)c1ccccc1C(F)(F)F. The number of halogens is 3. The van der Waals surface area contributed by atoms with Crippen molar-refractivity contribution in [2.24, 2.45) is 0 Å². The maximum Gasteiger partial charge on any atom is 0.417 e. The lowest BCUT2D eigenvalue weighted by molar-refractivity contribution is -0.137. The fourth-order valence-electron chi connectivity index (χ4n) is 1.99. The number of carbonyl (C=O) groups excluding carboxylic acids is 1. The molecule has 1 amide bonds. The number of amides is 1. The molecular formula is C13H15F3N2O2. The third-order valence-electron chi connectivity index (χ3n) is 2.98. The molecule has 1 fully saturated rings. The first-order valence-corrected chi connectivity index (χ1v) is 6.24. The largest absolute Gasteiger partial charge is 0.417 e. The average Bonchev–Trinajstić information content (AvgIpc) is 2.45. The van der Waals surface area contributed by atoms with Crippen molar-refractivity contribution in [2.45, 2.75) is 12.2 Å². The molecule has 1 aliphatic rings. The fraction of sp³-hybridized carbons (Fsp3) is 0.462. The van der Waals surface area contributed by atoms with Gasteiger partial charge < -0.3 is 15.4 Å². The van der Waals surface area contributed by atoms with Crippen LogP contribution in [0.25, 0.3) is 0 Å². The van der Waals surface area contributed by atoms with E-state index in [1.807, 2.05) is 0 Å². The Hall–Kier alpha value is -1.60. The monoisotopic (exact) mass is 288 g/mol. The molecule has 20 heavy (non-hydrogen) atoms. The van der Waals surface area contributed by atoms with Gasteiger partial charge in [0.2, 0.25) is 0 Å². The number of benzene rings is 1. The van der Waals surface area contributed by atoms with Crippen molar-refractivity contribution in [3.63, 3.8) is 0 Å². The molecule has 0 radical (unpaired) electrons. The Morgan fingerprint density at radius 3 is 2.80 bits per heavy atom. The molecule has 1 saturated heterocycles. The number of rotatable bonds is 3. The van der Waals surface area contributed by atoms with Crippen LogP contribution in [0.5, 0.6) is 0 Å². The van der Waals surface area contributed by atoms with Crippen molar-refractivity contribution in [3.8, 4) is 0 Å². The first kappa shape index (κ1) is 14.8. The van der Waals surface area contributed by atoms with E-state index in [1.54, 1.807) is 0 Å². The molecule has 0 spiro atoms. The van der Waals surface area contributed by atoms with Gasteiger partial charge in [0.05, 0.1) is 24.3 Å². The summed E-state index contributed by atoms with van der Waals surface area (Å²) in [5, 5.41) is 5.61. The Kier molecular flexibility index (Phi) is 4.61. The highest BCUT2D eigenvalue weighted by molar-refractivity contribution is 5.95. The molecule has 1 aromatic rings. The molecule has 0 aliphatic carbocycles. The Morgan fingerprint density at radius 1 is 1.40 bits per heavy atom. The summed E-state index contributed by atoms with van der Waals surface area (Å²) in [6, 6.07) is 4.66. The molecule has 2 N–H and O–H groups in total. The normalized spacial score (nSPS) is 19.6. The van der Waals surface area contributed by atoms with Crippen LogP contribution in [0.4, 0.5) is 13.2 Å². The van der Waals surface area contributed by atoms with Gasteiger partial charge in [0.15, 0.2) is 0 Å². The first-order valence-electron chi connectivity index (χ1n) is 6.24. The predicted molar refractivity (Wildman–Crippen MR) is 66.4 cm³/mol. The van der Waals surface area contributed by atoms with Gasteiger partial charge in [-0.25, -0.2) is 0 Å². The van der Waals surface area contributed by atoms with Crippen LogP contribution in [-0.2, 0) is 10.9 Å². The number of alkyl halides is 3. The number of morpholine rings is 1. The predicted octanol–water partition coefficient (Wildman–Crippen LogP) is 1.42. The lowest BCUT2D eigenvalue weighted by atomic mass is 10.1. The van der Waals surface area contributed by atoms with E-state index in [-0.39, 0.29) is 18.2 Å². The summed E-state index contributed by atoms with van der Waals surface area (Å²) in [5.74, 6) is -0.731. The summed E-state index contributed by atoms with van der Waals surface area (Å²) in [7, 11) is 0. The van der Waals surface area contributed by atoms with E-state index in [0.717, 1.165) is 6.07 Å². The maximum absolute atomic E-state index is 12.8. The third-order valence-corrected chi connectivity index (χ3v) is 2.98. The topological polar surface area (TPSA) is 50.4 Å². The van der Waals surface area contributed by atoms with Gasteiger partial charge >= 0.3 is 6.18 Å². The zero-order chi connectivity index (χ0) is 14.6. The highest BCUT2D eigenvalue weighted by Gasteiger charge is 2.34. The summed E-state index contributed by atoms with van der Waals surface area (Å²) in [4.78, 5) is 11.9. The third kappa shape index (κ3) is 3.71. The molecule has 0 aromatic heterocycles. The van der Waals surface area contributed by atoms with E-state index in [0.29, 0.717) is 19.8 Å². The van der Waals surface area contributed by atoms with Crippen molar-refractivity contribution >= 4 is 5.91 Å². The minimum absolute atomic E-state index is 0.0780. The molecule has 110 valence electrons. The molecule has 1 aliphatic heterocycles. The van der Waals surface area contributed by atoms with Crippen LogP contribution in [0.3, 0.4) is 0 Å². The molecule has 0 saturated carbocycles. The molecule has 1 unspecified atom stereocenters. The van der Waals surface area contributed by atoms with Crippen molar-refractivity contribution < 1.29 is 22.7 Å². The second-order valence-electron chi connectivity index (χ2n) is 4.48. The van der Waals surface area contributed by atoms with Crippen LogP contribution >= 0.6 is 0 Å². The standard InChI is InChI=1S/C13H15F3N2O2/c14-13(15,16)11-4-2-1-3-10(11)12(19)18-7-9-8-20-6-5-17-9/h1-4,9,17H,5-8H2,(H,18,19). The Morgan fingerprint density at radius 2 is 2.15 bits per heavy atom. The summed E-state index contributed by atoms with van der Waals surface area (Å²) in [5.41, 5.74) is -1.29. The molecule has 2 rings (SSSR count). The quantitative estimate of drug-likeness (QED) is 0.884. The minimum Gasteiger partial charge on any atom is -0.378 e. The van der Waals surface area contributed by atoms with E-state index in [1.165, 1.54) is 18.2 Å². The summed E-state index contributed by atoms with van der Waals surface area (Å²) < 4.78 is 43.6. The molecule has 1 atom stereocenters. The number of hydrogen-bond acceptors (Lipinski definition) is 3. The van der Waals surface area contributed by atoms with Crippen molar-refractivity contribution in [2.75, 3.05) is 26.3 Å². The fourth-order valence-corrected chi connectivity index (χ4v) is 1.99. The van der Waals surface area contributed by atoms with Crippen molar-refractivity contribution in [1.29, 1.82) is 0 Å². The van der Waals surface area contributed by atoms with Crippen LogP contribution in [0.2, 0.25) is 0 Å². The Bertz CT molecular complexity index is 471. The molecule has 4 nitrogen and oxygen atoms in total. The Labute approximate surface area is 114 Å². The van der Waals surface area contributed by atoms with Gasteiger partial charge in [-0.1, -0.05) is 12.1 Å². The van der Waals surface area contributed by atoms with Crippen LogP contribution in [0.1, 0.15) is 15.9 Å². The average molecular weight is 288 g/mol. The highest BCUT2D eigenvalue weighted by Crippen LogP contribution is 2.31. The van der Waals surface area contributed by atoms with Gasteiger partial charge in [0, 0.05) is 19.1 Å². The van der Waals surface area contributed by atoms with E-state index < -0.39 is 17.6 Å². The van der Waals surface area contributed by atoms with Gasteiger partial charge in [0.25, 0.3) is 5.91 Å². The van der Waals surface area contributed by atoms with Crippen LogP contribution in [0, 0.1) is 0 Å². The van der Waals surface area contributed by atoms with Crippen molar-refractivity contribution in [1.82, 2.24) is 10.6 Å². The van der Waals surface area contributed by atoms with Crippen molar-refractivity contribution in [3.05, 3.63) is 35.4 Å². The molecule has 1 heterocycles. The van der Waals surface area contributed by atoms with Gasteiger partial charge in [-0.15, -0.1) is 0 Å². The second-order valence-corrected chi connectivity index (χ2v) is 4.48. The van der Waals surface area contributed by atoms with Gasteiger partial charge in [0.1, 0.15) is 0 Å². The zero-order valence-corrected chi connectivity index (χ0v) is 10.7. The summed E-state index contributed by atoms with van der Waals surface area (Å²) in [6.45, 7) is 1.92. The first-order chi connectivity index (χ1) is 9.48. The van der Waals surface area contributed by atoms with E-state index >= 15 is 0 Å². The number of carbonyl (C=O) groups is 1. The van der Waals surface area contributed by atoms with Crippen LogP contribution in [-0.4, -0.2) is 38.3 Å². The molecule has 7 heteroatoms. The van der Waals surface area contributed by atoms with E-state index in [2.05, 4.69) is 10.6 Å². The zero-order valence-electron chi connectivity index (χ0n) is 10.7. The lowest BCUT2D eigenvalue weighted by Crippen LogP contribution is -2.48. The van der Waals surface area contributed by atoms with Gasteiger partial charge in [-0.3, -0.25) is 4.79 Å². The highest BCUT2D eigenvalue weighted by atomic mass is 19.4. The molecule has 1 aromatic carbocycles. The number of ether oxygens (including phenoxy) is 1. The van der Waals surface area contributed by atoms with E-state index in [9.17, 15) is 18.0 Å². The maximum atomic E-state index is 12.8. The molecular weight excluding hydrogens is 273 g/mol. The molecule has 0 bridgehead atoms. The minimum atomic E-state index is -4.54. The van der Waals surface area contributed by atoms with Gasteiger partial charge in [-0.2, -0.15) is 13.2 Å². The summed E-state index contributed by atoms with van der Waals surface area (Å²) in [6.07, 6.45) is -4.54. The van der Waals surface area contributed by atoms with Gasteiger partial charge in [-0.05, 0) is 12.1 Å². The number of nitrogens with one attached hydrogen (secondary N) is 2. The lowest BCUT2D eigenvalue weighted by Gasteiger charge is -2.24. The second kappa shape index (κ2) is 6.23. The van der Waals surface area contributed by atoms with Crippen LogP contribution in [0.15, 0.2) is 24.3 Å². The smallest absolute Gasteiger partial charge is 0.378 e. The number of hydrogen-bond donors (Lipinski definition) is 2. The summed E-state index contributed by atoms with van der Waals surface area (Å²) >= 11 is 0. The Balaban J connectivity index is 2.02. The van der Waals surface area contributed by atoms with Crippen LogP contribution < -0.4 is 10.6 Å².